The molecular weight excluding hydrogens is 268 g/mol. The van der Waals surface area contributed by atoms with Gasteiger partial charge >= 0.3 is 6.09 Å². The van der Waals surface area contributed by atoms with Crippen LogP contribution in [0.3, 0.4) is 0 Å². The molecule has 0 saturated carbocycles. The summed E-state index contributed by atoms with van der Waals surface area (Å²) in [7, 11) is 0. The van der Waals surface area contributed by atoms with Gasteiger partial charge in [0.15, 0.2) is 0 Å². The molecule has 6 heteroatoms. The summed E-state index contributed by atoms with van der Waals surface area (Å²) >= 11 is 0. The van der Waals surface area contributed by atoms with Crippen LogP contribution < -0.4 is 10.6 Å². The monoisotopic (exact) mass is 288 g/mol. The minimum atomic E-state index is -0.525. The molecule has 1 amide bonds. The highest BCUT2D eigenvalue weighted by Gasteiger charge is 2.17. The van der Waals surface area contributed by atoms with Crippen molar-refractivity contribution in [3.8, 4) is 0 Å². The molecule has 1 aromatic heterocycles. The van der Waals surface area contributed by atoms with Gasteiger partial charge in [0.2, 0.25) is 0 Å². The van der Waals surface area contributed by atoms with Gasteiger partial charge in [-0.1, -0.05) is 12.1 Å². The molecule has 6 nitrogen and oxygen atoms in total. The van der Waals surface area contributed by atoms with Crippen molar-refractivity contribution in [3.05, 3.63) is 42.5 Å². The Balaban J connectivity index is 2.01. The summed E-state index contributed by atoms with van der Waals surface area (Å²) in [5, 5.41) is 5.99. The fourth-order valence-corrected chi connectivity index (χ4v) is 1.73. The van der Waals surface area contributed by atoms with Gasteiger partial charge < -0.3 is 15.0 Å². The highest BCUT2D eigenvalue weighted by molar-refractivity contribution is 5.89. The van der Waals surface area contributed by atoms with E-state index in [1.54, 1.807) is 12.5 Å². The summed E-state index contributed by atoms with van der Waals surface area (Å²) < 4.78 is 5.25. The molecule has 0 atom stereocenters. The molecule has 0 fully saturated rings. The van der Waals surface area contributed by atoms with Gasteiger partial charge in [0.25, 0.3) is 0 Å². The number of nitrogens with one attached hydrogen (secondary N) is 3. The van der Waals surface area contributed by atoms with E-state index >= 15 is 0 Å². The van der Waals surface area contributed by atoms with Crippen LogP contribution in [0.1, 0.15) is 26.5 Å². The molecule has 112 valence electrons. The fourth-order valence-electron chi connectivity index (χ4n) is 1.73. The van der Waals surface area contributed by atoms with Crippen molar-refractivity contribution >= 4 is 17.5 Å². The van der Waals surface area contributed by atoms with Crippen molar-refractivity contribution in [2.75, 3.05) is 10.6 Å². The second-order valence-electron chi connectivity index (χ2n) is 5.60. The minimum absolute atomic E-state index is 0.474. The fraction of sp³-hybridized carbons (Fsp3) is 0.333. The number of imidazole rings is 1. The number of H-pyrrole nitrogens is 1. The predicted octanol–water partition coefficient (Wildman–Crippen LogP) is 3.37. The third kappa shape index (κ3) is 4.83. The maximum Gasteiger partial charge on any atom is 0.412 e. The Hall–Kier alpha value is -2.50. The molecule has 1 aromatic carbocycles. The number of benzene rings is 1. The first-order valence-electron chi connectivity index (χ1n) is 6.74. The molecule has 0 bridgehead atoms. The van der Waals surface area contributed by atoms with Gasteiger partial charge in [-0.25, -0.2) is 9.78 Å². The quantitative estimate of drug-likeness (QED) is 0.806. The Labute approximate surface area is 123 Å². The van der Waals surface area contributed by atoms with Crippen LogP contribution in [0.5, 0.6) is 0 Å². The summed E-state index contributed by atoms with van der Waals surface area (Å²) in [6.45, 7) is 6.08. The lowest BCUT2D eigenvalue weighted by Gasteiger charge is -2.20. The molecule has 0 aliphatic carbocycles. The molecule has 0 saturated heterocycles. The molecule has 2 aromatic rings. The maximum absolute atomic E-state index is 11.8. The number of amides is 1. The Morgan fingerprint density at radius 3 is 2.62 bits per heavy atom. The van der Waals surface area contributed by atoms with Gasteiger partial charge in [-0.05, 0) is 32.9 Å². The van der Waals surface area contributed by atoms with Gasteiger partial charge in [0.1, 0.15) is 5.60 Å². The number of rotatable bonds is 4. The molecule has 21 heavy (non-hydrogen) atoms. The minimum Gasteiger partial charge on any atom is -0.444 e. The normalized spacial score (nSPS) is 11.0. The molecule has 3 N–H and O–H groups in total. The second-order valence-corrected chi connectivity index (χ2v) is 5.60. The van der Waals surface area contributed by atoms with Crippen LogP contribution in [0.25, 0.3) is 0 Å². The Morgan fingerprint density at radius 2 is 2.00 bits per heavy atom. The van der Waals surface area contributed by atoms with Crippen LogP contribution >= 0.6 is 0 Å². The number of anilines is 2. The van der Waals surface area contributed by atoms with E-state index in [-0.39, 0.29) is 0 Å². The lowest BCUT2D eigenvalue weighted by molar-refractivity contribution is 0.0636. The van der Waals surface area contributed by atoms with Gasteiger partial charge in [0.05, 0.1) is 29.9 Å². The second kappa shape index (κ2) is 6.30. The van der Waals surface area contributed by atoms with Gasteiger partial charge in [-0.2, -0.15) is 0 Å². The predicted molar refractivity (Wildman–Crippen MR) is 82.2 cm³/mol. The van der Waals surface area contributed by atoms with E-state index in [1.807, 2.05) is 45.0 Å². The molecule has 2 rings (SSSR count). The van der Waals surface area contributed by atoms with Crippen molar-refractivity contribution in [1.82, 2.24) is 9.97 Å². The number of carbonyl (C=O) groups is 1. The zero-order valence-corrected chi connectivity index (χ0v) is 12.4. The standard InChI is InChI=1S/C15H20N4O2/c1-15(2,3)21-14(20)19-13-7-5-4-6-12(13)17-9-11-8-16-10-18-11/h4-8,10,17H,9H2,1-3H3,(H,16,18)(H,19,20). The summed E-state index contributed by atoms with van der Waals surface area (Å²) in [5.74, 6) is 0. The van der Waals surface area contributed by atoms with Crippen LogP contribution in [0, 0.1) is 0 Å². The van der Waals surface area contributed by atoms with E-state index in [4.69, 9.17) is 4.74 Å². The number of aromatic nitrogens is 2. The van der Waals surface area contributed by atoms with Crippen LogP contribution in [-0.4, -0.2) is 21.7 Å². The van der Waals surface area contributed by atoms with Crippen LogP contribution in [0.15, 0.2) is 36.8 Å². The van der Waals surface area contributed by atoms with Gasteiger partial charge in [0, 0.05) is 6.20 Å². The van der Waals surface area contributed by atoms with Crippen molar-refractivity contribution in [3.63, 3.8) is 0 Å². The number of nitrogens with zero attached hydrogens (tertiary/aromatic N) is 1. The van der Waals surface area contributed by atoms with E-state index in [0.717, 1.165) is 11.4 Å². The van der Waals surface area contributed by atoms with Crippen molar-refractivity contribution in [2.45, 2.75) is 32.9 Å². The average molecular weight is 288 g/mol. The van der Waals surface area contributed by atoms with Crippen molar-refractivity contribution in [2.24, 2.45) is 0 Å². The third-order valence-electron chi connectivity index (χ3n) is 2.59. The summed E-state index contributed by atoms with van der Waals surface area (Å²) in [6.07, 6.45) is 2.90. The van der Waals surface area contributed by atoms with E-state index in [2.05, 4.69) is 20.6 Å². The molecule has 1 heterocycles. The van der Waals surface area contributed by atoms with Crippen LogP contribution in [-0.2, 0) is 11.3 Å². The van der Waals surface area contributed by atoms with E-state index in [9.17, 15) is 4.79 Å². The number of para-hydroxylation sites is 2. The third-order valence-corrected chi connectivity index (χ3v) is 2.59. The summed E-state index contributed by atoms with van der Waals surface area (Å²) in [5.41, 5.74) is 1.92. The number of hydrogen-bond acceptors (Lipinski definition) is 4. The first-order valence-corrected chi connectivity index (χ1v) is 6.74. The smallest absolute Gasteiger partial charge is 0.412 e. The number of hydrogen-bond donors (Lipinski definition) is 3. The summed E-state index contributed by atoms with van der Waals surface area (Å²) in [4.78, 5) is 18.8. The number of ether oxygens (including phenoxy) is 1. The molecule has 0 spiro atoms. The van der Waals surface area contributed by atoms with E-state index < -0.39 is 11.7 Å². The highest BCUT2D eigenvalue weighted by atomic mass is 16.6. The first kappa shape index (κ1) is 14.9. The molecule has 0 unspecified atom stereocenters. The molecular formula is C15H20N4O2. The van der Waals surface area contributed by atoms with E-state index in [1.165, 1.54) is 0 Å². The molecule has 0 aliphatic rings. The highest BCUT2D eigenvalue weighted by Crippen LogP contribution is 2.22. The zero-order chi connectivity index (χ0) is 15.3. The Kier molecular flexibility index (Phi) is 4.47. The first-order chi connectivity index (χ1) is 9.94. The molecule has 0 aliphatic heterocycles. The van der Waals surface area contributed by atoms with Crippen molar-refractivity contribution < 1.29 is 9.53 Å². The maximum atomic E-state index is 11.8. The van der Waals surface area contributed by atoms with Crippen LogP contribution in [0.4, 0.5) is 16.2 Å². The Bertz CT molecular complexity index is 588. The number of carbonyl (C=O) groups excluding carboxylic acids is 1. The lowest BCUT2D eigenvalue weighted by Crippen LogP contribution is -2.27. The zero-order valence-electron chi connectivity index (χ0n) is 12.4. The van der Waals surface area contributed by atoms with E-state index in [0.29, 0.717) is 12.2 Å². The van der Waals surface area contributed by atoms with Crippen LogP contribution in [0.2, 0.25) is 0 Å². The topological polar surface area (TPSA) is 79.0 Å². The molecule has 0 radical (unpaired) electrons. The average Bonchev–Trinajstić information content (AvgIpc) is 2.88. The SMILES string of the molecule is CC(C)(C)OC(=O)Nc1ccccc1NCc1cnc[nH]1. The summed E-state index contributed by atoms with van der Waals surface area (Å²) in [6, 6.07) is 7.46. The lowest BCUT2D eigenvalue weighted by atomic mass is 10.2. The van der Waals surface area contributed by atoms with Gasteiger partial charge in [-0.3, -0.25) is 5.32 Å². The Morgan fingerprint density at radius 1 is 1.29 bits per heavy atom. The van der Waals surface area contributed by atoms with Gasteiger partial charge in [-0.15, -0.1) is 0 Å². The number of aromatic amines is 1. The largest absolute Gasteiger partial charge is 0.444 e. The van der Waals surface area contributed by atoms with Crippen molar-refractivity contribution in [1.29, 1.82) is 0 Å².